The number of nitrogens with zero attached hydrogens (tertiary/aromatic N) is 1. The molecule has 0 aromatic rings. The van der Waals surface area contributed by atoms with Gasteiger partial charge in [-0.15, -0.1) is 0 Å². The normalized spacial score (nSPS) is 28.9. The number of unbranched alkanes of at least 4 members (excludes halogenated alkanes) is 11. The van der Waals surface area contributed by atoms with E-state index in [9.17, 15) is 20.1 Å². The molecule has 9 nitrogen and oxygen atoms in total. The summed E-state index contributed by atoms with van der Waals surface area (Å²) in [5.41, 5.74) is 0.567. The molecule has 0 aromatic carbocycles. The number of cyclic esters (lactones) is 1. The lowest BCUT2D eigenvalue weighted by molar-refractivity contribution is -0.144. The molecular weight excluding hydrogens is 586 g/mol. The lowest BCUT2D eigenvalue weighted by Gasteiger charge is -2.24. The van der Waals surface area contributed by atoms with Crippen molar-refractivity contribution < 1.29 is 39.5 Å². The molecule has 0 aliphatic carbocycles. The molecular formula is C37H67NO8. The summed E-state index contributed by atoms with van der Waals surface area (Å²) < 4.78 is 17.8. The number of esters is 1. The van der Waals surface area contributed by atoms with Gasteiger partial charge in [0.2, 0.25) is 0 Å². The van der Waals surface area contributed by atoms with Gasteiger partial charge < -0.3 is 34.7 Å². The lowest BCUT2D eigenvalue weighted by atomic mass is 9.96. The minimum atomic E-state index is -0.626. The van der Waals surface area contributed by atoms with Crippen molar-refractivity contribution in [2.45, 2.75) is 217 Å². The van der Waals surface area contributed by atoms with E-state index in [1.807, 2.05) is 0 Å². The number of hydrogen-bond donors (Lipinski definition) is 4. The highest BCUT2D eigenvalue weighted by molar-refractivity contribution is 5.87. The van der Waals surface area contributed by atoms with Crippen LogP contribution in [-0.2, 0) is 19.0 Å². The highest BCUT2D eigenvalue weighted by atomic mass is 16.6. The maximum absolute atomic E-state index is 12.0. The fraction of sp³-hybridized carbons (Fsp3) is 0.946. The van der Waals surface area contributed by atoms with Crippen LogP contribution in [0.4, 0.5) is 0 Å². The van der Waals surface area contributed by atoms with Crippen molar-refractivity contribution in [1.29, 1.82) is 0 Å². The Kier molecular flexibility index (Phi) is 19.1. The second-order valence-corrected chi connectivity index (χ2v) is 14.6. The number of hydrogen-bond acceptors (Lipinski definition) is 9. The Morgan fingerprint density at radius 1 is 0.696 bits per heavy atom. The average molecular weight is 654 g/mol. The van der Waals surface area contributed by atoms with Crippen molar-refractivity contribution in [2.24, 2.45) is 11.1 Å². The Labute approximate surface area is 278 Å². The van der Waals surface area contributed by atoms with Crippen molar-refractivity contribution in [1.82, 2.24) is 0 Å². The molecule has 9 heteroatoms. The minimum absolute atomic E-state index is 0.00905. The zero-order valence-corrected chi connectivity index (χ0v) is 29.0. The van der Waals surface area contributed by atoms with Crippen molar-refractivity contribution >= 4 is 11.7 Å². The summed E-state index contributed by atoms with van der Waals surface area (Å²) in [5, 5.41) is 44.2. The van der Waals surface area contributed by atoms with E-state index < -0.39 is 18.3 Å². The molecule has 0 spiro atoms. The fourth-order valence-corrected chi connectivity index (χ4v) is 7.61. The predicted octanol–water partition coefficient (Wildman–Crippen LogP) is 7.38. The second kappa shape index (κ2) is 22.4. The van der Waals surface area contributed by atoms with Gasteiger partial charge in [0.25, 0.3) is 0 Å². The first-order chi connectivity index (χ1) is 22.3. The zero-order chi connectivity index (χ0) is 33.1. The Morgan fingerprint density at radius 2 is 1.20 bits per heavy atom. The van der Waals surface area contributed by atoms with Crippen molar-refractivity contribution in [3.05, 3.63) is 0 Å². The molecule has 0 aromatic heterocycles. The third kappa shape index (κ3) is 14.5. The Bertz CT molecular complexity index is 855. The van der Waals surface area contributed by atoms with Crippen molar-refractivity contribution in [3.8, 4) is 0 Å². The third-order valence-corrected chi connectivity index (χ3v) is 10.6. The highest BCUT2D eigenvalue weighted by Crippen LogP contribution is 2.31. The van der Waals surface area contributed by atoms with Gasteiger partial charge in [-0.05, 0) is 77.6 Å². The summed E-state index contributed by atoms with van der Waals surface area (Å²) in [4.78, 5) is 12.0. The van der Waals surface area contributed by atoms with Crippen LogP contribution in [-0.4, -0.2) is 81.0 Å². The summed E-state index contributed by atoms with van der Waals surface area (Å²) in [7, 11) is 0. The van der Waals surface area contributed by atoms with Crippen LogP contribution >= 0.6 is 0 Å². The minimum Gasteiger partial charge on any atom is -0.462 e. The van der Waals surface area contributed by atoms with Crippen molar-refractivity contribution in [2.75, 3.05) is 0 Å². The molecule has 1 unspecified atom stereocenters. The summed E-state index contributed by atoms with van der Waals surface area (Å²) in [6.45, 7) is 3.96. The zero-order valence-electron chi connectivity index (χ0n) is 29.0. The molecule has 4 N–H and O–H groups in total. The first kappa shape index (κ1) is 39.2. The number of carbonyl (C=O) groups excluding carboxylic acids is 1. The smallest absolute Gasteiger partial charge is 0.309 e. The molecule has 3 rings (SSSR count). The molecule has 0 radical (unpaired) electrons. The van der Waals surface area contributed by atoms with Crippen LogP contribution in [0, 0.1) is 5.92 Å². The molecule has 0 amide bonds. The maximum Gasteiger partial charge on any atom is 0.309 e. The number of aliphatic hydroxyl groups excluding tert-OH is 3. The predicted molar refractivity (Wildman–Crippen MR) is 180 cm³/mol. The van der Waals surface area contributed by atoms with Crippen LogP contribution < -0.4 is 0 Å². The van der Waals surface area contributed by atoms with E-state index in [0.717, 1.165) is 96.3 Å². The van der Waals surface area contributed by atoms with Gasteiger partial charge in [0, 0.05) is 6.42 Å². The van der Waals surface area contributed by atoms with E-state index in [1.54, 1.807) is 6.92 Å². The molecule has 46 heavy (non-hydrogen) atoms. The van der Waals surface area contributed by atoms with Crippen LogP contribution in [0.1, 0.15) is 168 Å². The first-order valence-electron chi connectivity index (χ1n) is 19.0. The van der Waals surface area contributed by atoms with E-state index in [0.29, 0.717) is 25.0 Å². The van der Waals surface area contributed by atoms with Crippen LogP contribution in [0.25, 0.3) is 0 Å². The number of carbonyl (C=O) groups is 1. The molecule has 3 saturated heterocycles. The summed E-state index contributed by atoms with van der Waals surface area (Å²) >= 11 is 0. The largest absolute Gasteiger partial charge is 0.462 e. The lowest BCUT2D eigenvalue weighted by Crippen LogP contribution is -2.33. The van der Waals surface area contributed by atoms with Gasteiger partial charge in [0.15, 0.2) is 0 Å². The fourth-order valence-electron chi connectivity index (χ4n) is 7.61. The number of ether oxygens (including phenoxy) is 3. The van der Waals surface area contributed by atoms with Crippen LogP contribution in [0.2, 0.25) is 0 Å². The summed E-state index contributed by atoms with van der Waals surface area (Å²) in [6.07, 6.45) is 21.7. The Morgan fingerprint density at radius 3 is 1.80 bits per heavy atom. The first-order valence-corrected chi connectivity index (χ1v) is 19.0. The molecule has 3 aliphatic heterocycles. The number of rotatable bonds is 25. The van der Waals surface area contributed by atoms with Crippen LogP contribution in [0.5, 0.6) is 0 Å². The van der Waals surface area contributed by atoms with E-state index in [-0.39, 0.29) is 42.4 Å². The van der Waals surface area contributed by atoms with Gasteiger partial charge in [-0.2, -0.15) is 0 Å². The second-order valence-electron chi connectivity index (χ2n) is 14.6. The van der Waals surface area contributed by atoms with E-state index in [1.165, 1.54) is 38.5 Å². The number of aliphatic hydroxyl groups is 3. The average Bonchev–Trinajstić information content (AvgIpc) is 3.81. The van der Waals surface area contributed by atoms with E-state index in [4.69, 9.17) is 19.4 Å². The van der Waals surface area contributed by atoms with Crippen LogP contribution in [0.3, 0.4) is 0 Å². The molecule has 3 fully saturated rings. The SMILES string of the molecule is CCCCCCCCCC[C@@H](O)[C@@H]1CC[C@@H]([C@@H](O)CC[C@H](O)[C@@H]2CC[C@@H](CCCCCCC[C@H]3CC(C/C(C)=N/O)C(=O)O3)O2)O1. The molecule has 268 valence electrons. The summed E-state index contributed by atoms with van der Waals surface area (Å²) in [6, 6.07) is 0. The van der Waals surface area contributed by atoms with Crippen molar-refractivity contribution in [3.63, 3.8) is 0 Å². The topological polar surface area (TPSA) is 138 Å². The Balaban J connectivity index is 1.16. The summed E-state index contributed by atoms with van der Waals surface area (Å²) in [5.74, 6) is -0.344. The van der Waals surface area contributed by atoms with Gasteiger partial charge >= 0.3 is 5.97 Å². The third-order valence-electron chi connectivity index (χ3n) is 10.6. The molecule has 9 atom stereocenters. The quantitative estimate of drug-likeness (QED) is 0.0263. The number of oxime groups is 1. The molecule has 0 bridgehead atoms. The maximum atomic E-state index is 12.0. The van der Waals surface area contributed by atoms with E-state index in [2.05, 4.69) is 12.1 Å². The van der Waals surface area contributed by atoms with Gasteiger partial charge in [-0.25, -0.2) is 0 Å². The standard InChI is InChI=1S/C37H67NO8/c1-3-4-5-6-7-8-12-15-18-31(39)35-23-24-36(46-35)33(41)21-20-32(40)34-22-19-29(44-34)16-13-10-9-11-14-17-30-26-28(37(42)45-30)25-27(2)38-43/h28-36,39-41,43H,3-26H2,1-2H3/b38-27+/t28?,29-,30+,31-,32+,33+,34+,35+,36+/m1/s1. The van der Waals surface area contributed by atoms with Gasteiger partial charge in [0.1, 0.15) is 6.10 Å². The molecule has 3 aliphatic rings. The Hall–Kier alpha value is -1.26. The van der Waals surface area contributed by atoms with Gasteiger partial charge in [0.05, 0.1) is 54.4 Å². The van der Waals surface area contributed by atoms with Crippen LogP contribution in [0.15, 0.2) is 5.16 Å². The molecule has 3 heterocycles. The monoisotopic (exact) mass is 653 g/mol. The van der Waals surface area contributed by atoms with E-state index >= 15 is 0 Å². The van der Waals surface area contributed by atoms with Gasteiger partial charge in [-0.3, -0.25) is 4.79 Å². The highest BCUT2D eigenvalue weighted by Gasteiger charge is 2.36. The molecule has 0 saturated carbocycles. The van der Waals surface area contributed by atoms with Gasteiger partial charge in [-0.1, -0.05) is 89.1 Å².